The van der Waals surface area contributed by atoms with E-state index in [-0.39, 0.29) is 6.61 Å². The van der Waals surface area contributed by atoms with Gasteiger partial charge in [0.05, 0.1) is 5.41 Å². The number of aliphatic carboxylic acids is 1. The van der Waals surface area contributed by atoms with Crippen LogP contribution in [0.4, 0.5) is 0 Å². The second kappa shape index (κ2) is 7.00. The molecule has 17 heavy (non-hydrogen) atoms. The van der Waals surface area contributed by atoms with Gasteiger partial charge in [0, 0.05) is 6.61 Å². The van der Waals surface area contributed by atoms with Crippen LogP contribution in [0.3, 0.4) is 0 Å². The molecule has 0 saturated heterocycles. The molecule has 0 heterocycles. The summed E-state index contributed by atoms with van der Waals surface area (Å²) in [7, 11) is 0. The molecule has 2 atom stereocenters. The number of carboxylic acid groups (broad SMARTS) is 1. The molecule has 0 aliphatic heterocycles. The van der Waals surface area contributed by atoms with Crippen LogP contribution in [-0.4, -0.2) is 22.8 Å². The molecule has 1 aliphatic rings. The minimum absolute atomic E-state index is 0.251. The van der Waals surface area contributed by atoms with Crippen molar-refractivity contribution in [3.05, 3.63) is 0 Å². The molecule has 1 fully saturated rings. The maximum Gasteiger partial charge on any atom is 0.309 e. The number of carbonyl (C=O) groups is 1. The SMILES string of the molecule is CC1CCCC(CCCCCCO)(C(=O)O)C1. The third-order valence-electron chi connectivity index (χ3n) is 4.11. The first-order chi connectivity index (χ1) is 8.10. The van der Waals surface area contributed by atoms with Gasteiger partial charge in [-0.05, 0) is 31.6 Å². The highest BCUT2D eigenvalue weighted by molar-refractivity contribution is 5.74. The molecule has 0 radical (unpaired) electrons. The summed E-state index contributed by atoms with van der Waals surface area (Å²) >= 11 is 0. The molecule has 0 aromatic carbocycles. The number of aliphatic hydroxyl groups excluding tert-OH is 1. The van der Waals surface area contributed by atoms with Crippen molar-refractivity contribution in [3.8, 4) is 0 Å². The highest BCUT2D eigenvalue weighted by Gasteiger charge is 2.40. The molecule has 0 aromatic heterocycles. The number of hydrogen-bond donors (Lipinski definition) is 2. The van der Waals surface area contributed by atoms with Crippen molar-refractivity contribution < 1.29 is 15.0 Å². The summed E-state index contributed by atoms with van der Waals surface area (Å²) < 4.78 is 0. The first-order valence-electron chi connectivity index (χ1n) is 6.95. The second-order valence-corrected chi connectivity index (χ2v) is 5.67. The lowest BCUT2D eigenvalue weighted by Crippen LogP contribution is -2.35. The number of carboxylic acids is 1. The summed E-state index contributed by atoms with van der Waals surface area (Å²) in [6.07, 6.45) is 8.65. The number of hydrogen-bond acceptors (Lipinski definition) is 2. The van der Waals surface area contributed by atoms with E-state index in [0.29, 0.717) is 5.92 Å². The van der Waals surface area contributed by atoms with E-state index in [2.05, 4.69) is 6.92 Å². The summed E-state index contributed by atoms with van der Waals surface area (Å²) in [6, 6.07) is 0. The second-order valence-electron chi connectivity index (χ2n) is 5.67. The lowest BCUT2D eigenvalue weighted by molar-refractivity contribution is -0.152. The minimum atomic E-state index is -0.591. The fraction of sp³-hybridized carbons (Fsp3) is 0.929. The molecule has 3 nitrogen and oxygen atoms in total. The highest BCUT2D eigenvalue weighted by atomic mass is 16.4. The van der Waals surface area contributed by atoms with Crippen LogP contribution in [0.15, 0.2) is 0 Å². The number of rotatable bonds is 7. The predicted molar refractivity (Wildman–Crippen MR) is 67.9 cm³/mol. The predicted octanol–water partition coefficient (Wildman–Crippen LogP) is 3.21. The summed E-state index contributed by atoms with van der Waals surface area (Å²) in [5.41, 5.74) is -0.448. The van der Waals surface area contributed by atoms with Crippen LogP contribution in [0.1, 0.15) is 64.7 Å². The molecule has 100 valence electrons. The van der Waals surface area contributed by atoms with E-state index in [9.17, 15) is 9.90 Å². The summed E-state index contributed by atoms with van der Waals surface area (Å²) in [6.45, 7) is 2.42. The van der Waals surface area contributed by atoms with Crippen molar-refractivity contribution in [2.24, 2.45) is 11.3 Å². The van der Waals surface area contributed by atoms with Gasteiger partial charge in [-0.3, -0.25) is 4.79 Å². The van der Waals surface area contributed by atoms with Crippen LogP contribution in [-0.2, 0) is 4.79 Å². The topological polar surface area (TPSA) is 57.5 Å². The third kappa shape index (κ3) is 4.30. The summed E-state index contributed by atoms with van der Waals surface area (Å²) in [5, 5.41) is 18.2. The Morgan fingerprint density at radius 3 is 2.59 bits per heavy atom. The van der Waals surface area contributed by atoms with Crippen LogP contribution in [0.5, 0.6) is 0 Å². The van der Waals surface area contributed by atoms with Gasteiger partial charge in [0.2, 0.25) is 0 Å². The van der Waals surface area contributed by atoms with Crippen LogP contribution in [0.25, 0.3) is 0 Å². The zero-order chi connectivity index (χ0) is 12.7. The maximum atomic E-state index is 11.5. The van der Waals surface area contributed by atoms with Gasteiger partial charge < -0.3 is 10.2 Å². The van der Waals surface area contributed by atoms with Crippen molar-refractivity contribution >= 4 is 5.97 Å². The average Bonchev–Trinajstić information content (AvgIpc) is 2.28. The molecular formula is C14H26O3. The Labute approximate surface area is 104 Å². The smallest absolute Gasteiger partial charge is 0.309 e. The number of unbranched alkanes of at least 4 members (excludes halogenated alkanes) is 3. The fourth-order valence-electron chi connectivity index (χ4n) is 3.12. The Morgan fingerprint density at radius 2 is 2.00 bits per heavy atom. The van der Waals surface area contributed by atoms with Gasteiger partial charge >= 0.3 is 5.97 Å². The first kappa shape index (κ1) is 14.5. The van der Waals surface area contributed by atoms with Crippen LogP contribution < -0.4 is 0 Å². The maximum absolute atomic E-state index is 11.5. The Bertz CT molecular complexity index is 240. The molecule has 1 rings (SSSR count). The Kier molecular flexibility index (Phi) is 5.96. The van der Waals surface area contributed by atoms with E-state index >= 15 is 0 Å². The molecule has 0 spiro atoms. The van der Waals surface area contributed by atoms with Crippen molar-refractivity contribution in [1.82, 2.24) is 0 Å². The lowest BCUT2D eigenvalue weighted by atomic mass is 9.67. The van der Waals surface area contributed by atoms with E-state index in [4.69, 9.17) is 5.11 Å². The zero-order valence-electron chi connectivity index (χ0n) is 11.0. The van der Waals surface area contributed by atoms with Crippen LogP contribution >= 0.6 is 0 Å². The normalized spacial score (nSPS) is 29.2. The molecular weight excluding hydrogens is 216 g/mol. The average molecular weight is 242 g/mol. The molecule has 0 bridgehead atoms. The fourth-order valence-corrected chi connectivity index (χ4v) is 3.12. The molecule has 0 aromatic rings. The Balaban J connectivity index is 2.40. The van der Waals surface area contributed by atoms with Gasteiger partial charge in [0.15, 0.2) is 0 Å². The van der Waals surface area contributed by atoms with Crippen LogP contribution in [0.2, 0.25) is 0 Å². The largest absolute Gasteiger partial charge is 0.481 e. The summed E-state index contributed by atoms with van der Waals surface area (Å²) in [5.74, 6) is -0.0384. The number of aliphatic hydroxyl groups is 1. The Morgan fingerprint density at radius 1 is 1.29 bits per heavy atom. The lowest BCUT2D eigenvalue weighted by Gasteiger charge is -2.36. The van der Waals surface area contributed by atoms with E-state index in [1.807, 2.05) is 0 Å². The quantitative estimate of drug-likeness (QED) is 0.674. The molecule has 2 unspecified atom stereocenters. The standard InChI is InChI=1S/C14H26O3/c1-12-7-6-9-14(11-12,13(16)17)8-4-2-3-5-10-15/h12,15H,2-11H2,1H3,(H,16,17). The van der Waals surface area contributed by atoms with Crippen LogP contribution in [0, 0.1) is 11.3 Å². The molecule has 3 heteroatoms. The zero-order valence-corrected chi connectivity index (χ0v) is 11.0. The third-order valence-corrected chi connectivity index (χ3v) is 4.11. The van der Waals surface area contributed by atoms with E-state index in [1.54, 1.807) is 0 Å². The van der Waals surface area contributed by atoms with Crippen molar-refractivity contribution in [1.29, 1.82) is 0 Å². The molecule has 0 amide bonds. The molecule has 1 saturated carbocycles. The summed E-state index contributed by atoms with van der Waals surface area (Å²) in [4.78, 5) is 11.5. The van der Waals surface area contributed by atoms with Crippen molar-refractivity contribution in [2.45, 2.75) is 64.7 Å². The van der Waals surface area contributed by atoms with Crippen molar-refractivity contribution in [2.75, 3.05) is 6.61 Å². The van der Waals surface area contributed by atoms with Gasteiger partial charge in [0.1, 0.15) is 0 Å². The van der Waals surface area contributed by atoms with Gasteiger partial charge in [0.25, 0.3) is 0 Å². The van der Waals surface area contributed by atoms with Gasteiger partial charge in [-0.25, -0.2) is 0 Å². The van der Waals surface area contributed by atoms with Crippen molar-refractivity contribution in [3.63, 3.8) is 0 Å². The Hall–Kier alpha value is -0.570. The first-order valence-corrected chi connectivity index (χ1v) is 6.95. The van der Waals surface area contributed by atoms with E-state index in [1.165, 1.54) is 6.42 Å². The van der Waals surface area contributed by atoms with Gasteiger partial charge in [-0.15, -0.1) is 0 Å². The monoisotopic (exact) mass is 242 g/mol. The van der Waals surface area contributed by atoms with E-state index < -0.39 is 11.4 Å². The molecule has 1 aliphatic carbocycles. The highest BCUT2D eigenvalue weighted by Crippen LogP contribution is 2.43. The van der Waals surface area contributed by atoms with E-state index in [0.717, 1.165) is 51.4 Å². The molecule has 2 N–H and O–H groups in total. The minimum Gasteiger partial charge on any atom is -0.481 e. The van der Waals surface area contributed by atoms with Gasteiger partial charge in [-0.2, -0.15) is 0 Å². The van der Waals surface area contributed by atoms with Gasteiger partial charge in [-0.1, -0.05) is 39.0 Å².